The van der Waals surface area contributed by atoms with E-state index in [4.69, 9.17) is 9.47 Å². The van der Waals surface area contributed by atoms with Crippen LogP contribution in [0.1, 0.15) is 38.3 Å². The maximum Gasteiger partial charge on any atom is 0.416 e. The summed E-state index contributed by atoms with van der Waals surface area (Å²) in [5, 5.41) is 0. The molecule has 1 aromatic carbocycles. The van der Waals surface area contributed by atoms with Crippen LogP contribution in [0.25, 0.3) is 0 Å². The van der Waals surface area contributed by atoms with Gasteiger partial charge >= 0.3 is 6.18 Å². The largest absolute Gasteiger partial charge is 0.494 e. The van der Waals surface area contributed by atoms with E-state index in [1.54, 1.807) is 0 Å². The van der Waals surface area contributed by atoms with E-state index < -0.39 is 11.7 Å². The molecular weight excluding hydrogens is 281 g/mol. The van der Waals surface area contributed by atoms with Gasteiger partial charge in [-0.05, 0) is 49.4 Å². The predicted octanol–water partition coefficient (Wildman–Crippen LogP) is 4.46. The molecule has 0 N–H and O–H groups in total. The second-order valence-corrected chi connectivity index (χ2v) is 5.48. The molecule has 1 heterocycles. The SMILES string of the molecule is CCOc1ccc(C(F)(F)F)cc1CC(C)C1OC1CC. The minimum absolute atomic E-state index is 0.152. The summed E-state index contributed by atoms with van der Waals surface area (Å²) in [5.74, 6) is 0.712. The van der Waals surface area contributed by atoms with E-state index >= 15 is 0 Å². The minimum atomic E-state index is -4.33. The van der Waals surface area contributed by atoms with Crippen LogP contribution in [0.5, 0.6) is 5.75 Å². The first-order valence-corrected chi connectivity index (χ1v) is 7.35. The van der Waals surface area contributed by atoms with Gasteiger partial charge in [-0.3, -0.25) is 0 Å². The number of hydrogen-bond donors (Lipinski definition) is 0. The van der Waals surface area contributed by atoms with Crippen LogP contribution < -0.4 is 4.74 Å². The van der Waals surface area contributed by atoms with Gasteiger partial charge in [0.05, 0.1) is 24.4 Å². The van der Waals surface area contributed by atoms with Crippen LogP contribution >= 0.6 is 0 Å². The molecule has 2 rings (SSSR count). The van der Waals surface area contributed by atoms with Crippen LogP contribution in [-0.2, 0) is 17.3 Å². The smallest absolute Gasteiger partial charge is 0.416 e. The minimum Gasteiger partial charge on any atom is -0.494 e. The normalized spacial score (nSPS) is 23.0. The molecule has 0 saturated carbocycles. The number of ether oxygens (including phenoxy) is 2. The van der Waals surface area contributed by atoms with Crippen molar-refractivity contribution in [3.63, 3.8) is 0 Å². The van der Waals surface area contributed by atoms with Crippen molar-refractivity contribution in [3.05, 3.63) is 29.3 Å². The zero-order chi connectivity index (χ0) is 15.6. The lowest BCUT2D eigenvalue weighted by atomic mass is 9.94. The maximum absolute atomic E-state index is 12.8. The molecule has 1 aliphatic heterocycles. The van der Waals surface area contributed by atoms with Gasteiger partial charge < -0.3 is 9.47 Å². The Kier molecular flexibility index (Phi) is 4.81. The van der Waals surface area contributed by atoms with Crippen LogP contribution in [-0.4, -0.2) is 18.8 Å². The average molecular weight is 302 g/mol. The van der Waals surface area contributed by atoms with Crippen molar-refractivity contribution >= 4 is 0 Å². The molecule has 5 heteroatoms. The topological polar surface area (TPSA) is 21.8 Å². The average Bonchev–Trinajstić information content (AvgIpc) is 3.19. The summed E-state index contributed by atoms with van der Waals surface area (Å²) in [6.45, 7) is 6.32. The van der Waals surface area contributed by atoms with Crippen LogP contribution in [0.3, 0.4) is 0 Å². The van der Waals surface area contributed by atoms with Crippen LogP contribution in [0, 0.1) is 5.92 Å². The van der Waals surface area contributed by atoms with Crippen molar-refractivity contribution in [1.82, 2.24) is 0 Å². The number of benzene rings is 1. The number of halogens is 3. The summed E-state index contributed by atoms with van der Waals surface area (Å²) in [7, 11) is 0. The second-order valence-electron chi connectivity index (χ2n) is 5.48. The Morgan fingerprint density at radius 1 is 1.29 bits per heavy atom. The molecule has 118 valence electrons. The van der Waals surface area contributed by atoms with Gasteiger partial charge in [-0.1, -0.05) is 13.8 Å². The van der Waals surface area contributed by atoms with Crippen LogP contribution in [0.15, 0.2) is 18.2 Å². The van der Waals surface area contributed by atoms with Gasteiger partial charge in [0.25, 0.3) is 0 Å². The molecule has 0 amide bonds. The highest BCUT2D eigenvalue weighted by atomic mass is 19.4. The molecule has 0 aromatic heterocycles. The molecule has 0 aliphatic carbocycles. The third-order valence-corrected chi connectivity index (χ3v) is 3.81. The first-order chi connectivity index (χ1) is 9.86. The number of epoxide rings is 1. The van der Waals surface area contributed by atoms with Gasteiger partial charge in [0.2, 0.25) is 0 Å². The summed E-state index contributed by atoms with van der Waals surface area (Å²) in [5.41, 5.74) is -0.0264. The number of alkyl halides is 3. The molecule has 0 radical (unpaired) electrons. The molecule has 0 spiro atoms. The molecule has 1 fully saturated rings. The van der Waals surface area contributed by atoms with Crippen LogP contribution in [0.2, 0.25) is 0 Å². The van der Waals surface area contributed by atoms with Gasteiger partial charge in [0, 0.05) is 0 Å². The van der Waals surface area contributed by atoms with Crippen molar-refractivity contribution in [2.75, 3.05) is 6.61 Å². The van der Waals surface area contributed by atoms with E-state index in [2.05, 4.69) is 0 Å². The van der Waals surface area contributed by atoms with E-state index in [-0.39, 0.29) is 18.1 Å². The van der Waals surface area contributed by atoms with Gasteiger partial charge in [0.1, 0.15) is 5.75 Å². The molecule has 1 saturated heterocycles. The lowest BCUT2D eigenvalue weighted by molar-refractivity contribution is -0.137. The molecule has 3 unspecified atom stereocenters. The fourth-order valence-electron chi connectivity index (χ4n) is 2.66. The molecule has 1 aliphatic rings. The third-order valence-electron chi connectivity index (χ3n) is 3.81. The van der Waals surface area contributed by atoms with E-state index in [1.807, 2.05) is 20.8 Å². The Labute approximate surface area is 123 Å². The zero-order valence-corrected chi connectivity index (χ0v) is 12.5. The highest BCUT2D eigenvalue weighted by molar-refractivity contribution is 5.39. The second kappa shape index (κ2) is 6.26. The third kappa shape index (κ3) is 3.90. The van der Waals surface area contributed by atoms with Crippen molar-refractivity contribution in [1.29, 1.82) is 0 Å². The summed E-state index contributed by atoms with van der Waals surface area (Å²) in [4.78, 5) is 0. The highest BCUT2D eigenvalue weighted by Crippen LogP contribution is 2.37. The van der Waals surface area contributed by atoms with Gasteiger partial charge in [0.15, 0.2) is 0 Å². The molecule has 21 heavy (non-hydrogen) atoms. The molecular formula is C16H21F3O2. The maximum atomic E-state index is 12.8. The van der Waals surface area contributed by atoms with E-state index in [0.29, 0.717) is 24.3 Å². The fourth-order valence-corrected chi connectivity index (χ4v) is 2.66. The summed E-state index contributed by atoms with van der Waals surface area (Å²) >= 11 is 0. The Hall–Kier alpha value is -1.23. The lowest BCUT2D eigenvalue weighted by Gasteiger charge is -2.16. The van der Waals surface area contributed by atoms with Gasteiger partial charge in [-0.15, -0.1) is 0 Å². The molecule has 1 aromatic rings. The summed E-state index contributed by atoms with van der Waals surface area (Å²) in [6.07, 6.45) is -2.46. The van der Waals surface area contributed by atoms with Gasteiger partial charge in [-0.2, -0.15) is 13.2 Å². The highest BCUT2D eigenvalue weighted by Gasteiger charge is 2.41. The Morgan fingerprint density at radius 3 is 2.52 bits per heavy atom. The zero-order valence-electron chi connectivity index (χ0n) is 12.5. The first kappa shape index (κ1) is 16.1. The summed E-state index contributed by atoms with van der Waals surface area (Å²) < 4.78 is 49.5. The van der Waals surface area contributed by atoms with Gasteiger partial charge in [-0.25, -0.2) is 0 Å². The quantitative estimate of drug-likeness (QED) is 0.724. The van der Waals surface area contributed by atoms with E-state index in [0.717, 1.165) is 12.5 Å². The van der Waals surface area contributed by atoms with Crippen molar-refractivity contribution in [2.24, 2.45) is 5.92 Å². The Morgan fingerprint density at radius 2 is 2.00 bits per heavy atom. The number of hydrogen-bond acceptors (Lipinski definition) is 2. The van der Waals surface area contributed by atoms with Crippen molar-refractivity contribution in [2.45, 2.75) is 52.0 Å². The summed E-state index contributed by atoms with van der Waals surface area (Å²) in [6, 6.07) is 3.69. The Bertz CT molecular complexity index is 485. The van der Waals surface area contributed by atoms with Crippen molar-refractivity contribution < 1.29 is 22.6 Å². The molecule has 2 nitrogen and oxygen atoms in total. The van der Waals surface area contributed by atoms with Crippen LogP contribution in [0.4, 0.5) is 13.2 Å². The van der Waals surface area contributed by atoms with E-state index in [1.165, 1.54) is 12.1 Å². The lowest BCUT2D eigenvalue weighted by Crippen LogP contribution is -2.13. The first-order valence-electron chi connectivity index (χ1n) is 7.35. The standard InChI is InChI=1S/C16H21F3O2/c1-4-13-15(21-13)10(3)8-11-9-12(16(17,18)19)6-7-14(11)20-5-2/h6-7,9-10,13,15H,4-5,8H2,1-3H3. The molecule has 3 atom stereocenters. The molecule has 0 bridgehead atoms. The fraction of sp³-hybridized carbons (Fsp3) is 0.625. The van der Waals surface area contributed by atoms with Crippen molar-refractivity contribution in [3.8, 4) is 5.75 Å². The monoisotopic (exact) mass is 302 g/mol. The Balaban J connectivity index is 2.18. The predicted molar refractivity (Wildman–Crippen MR) is 74.4 cm³/mol. The number of rotatable bonds is 6. The van der Waals surface area contributed by atoms with E-state index in [9.17, 15) is 13.2 Å².